The highest BCUT2D eigenvalue weighted by atomic mass is 16.6. The van der Waals surface area contributed by atoms with Gasteiger partial charge in [-0.2, -0.15) is 9.78 Å². The van der Waals surface area contributed by atoms with Crippen molar-refractivity contribution in [2.24, 2.45) is 5.10 Å². The maximum atomic E-state index is 12.7. The van der Waals surface area contributed by atoms with Gasteiger partial charge in [0.25, 0.3) is 11.6 Å². The quantitative estimate of drug-likeness (QED) is 0.266. The summed E-state index contributed by atoms with van der Waals surface area (Å²) in [7, 11) is 0. The lowest BCUT2D eigenvalue weighted by atomic mass is 10.1. The Labute approximate surface area is 173 Å². The van der Waals surface area contributed by atoms with E-state index in [1.165, 1.54) is 35.2 Å². The summed E-state index contributed by atoms with van der Waals surface area (Å²) in [6.45, 7) is 0. The normalized spacial score (nSPS) is 11.0. The number of rotatable bonds is 6. The van der Waals surface area contributed by atoms with Crippen molar-refractivity contribution in [1.82, 2.24) is 30.7 Å². The van der Waals surface area contributed by atoms with Crippen molar-refractivity contribution >= 4 is 23.6 Å². The van der Waals surface area contributed by atoms with E-state index in [0.717, 1.165) is 0 Å². The van der Waals surface area contributed by atoms with Gasteiger partial charge in [-0.15, -0.1) is 5.10 Å². The van der Waals surface area contributed by atoms with Crippen molar-refractivity contribution in [2.75, 3.05) is 5.73 Å². The van der Waals surface area contributed by atoms with Gasteiger partial charge in [0.05, 0.1) is 11.1 Å². The van der Waals surface area contributed by atoms with Crippen LogP contribution in [-0.4, -0.2) is 42.4 Å². The van der Waals surface area contributed by atoms with Gasteiger partial charge in [-0.1, -0.05) is 35.5 Å². The fraction of sp³-hybridized carbons (Fsp3) is 0. The Morgan fingerprint density at radius 1 is 1.16 bits per heavy atom. The van der Waals surface area contributed by atoms with E-state index >= 15 is 0 Å². The number of hydrogen-bond donors (Lipinski definition) is 2. The number of benzene rings is 2. The van der Waals surface area contributed by atoms with Gasteiger partial charge < -0.3 is 5.73 Å². The Morgan fingerprint density at radius 3 is 2.55 bits per heavy atom. The van der Waals surface area contributed by atoms with Gasteiger partial charge in [0, 0.05) is 17.7 Å². The summed E-state index contributed by atoms with van der Waals surface area (Å²) in [6.07, 6.45) is 1.34. The number of hydrogen-bond acceptors (Lipinski definition) is 10. The molecule has 0 unspecified atom stereocenters. The van der Waals surface area contributed by atoms with Gasteiger partial charge in [-0.05, 0) is 28.0 Å². The number of carbonyl (C=O) groups excluding carboxylic acids is 1. The van der Waals surface area contributed by atoms with Crippen LogP contribution < -0.4 is 11.2 Å². The number of amides is 1. The zero-order valence-corrected chi connectivity index (χ0v) is 15.6. The topological polar surface area (TPSA) is 180 Å². The summed E-state index contributed by atoms with van der Waals surface area (Å²) < 4.78 is 5.86. The smallest absolute Gasteiger partial charge is 0.294 e. The predicted molar refractivity (Wildman–Crippen MR) is 107 cm³/mol. The van der Waals surface area contributed by atoms with Crippen molar-refractivity contribution < 1.29 is 14.3 Å². The van der Waals surface area contributed by atoms with Crippen LogP contribution in [-0.2, 0) is 0 Å². The Kier molecular flexibility index (Phi) is 5.13. The molecule has 0 aliphatic carbocycles. The third kappa shape index (κ3) is 3.95. The molecule has 4 rings (SSSR count). The summed E-state index contributed by atoms with van der Waals surface area (Å²) in [4.78, 5) is 22.9. The molecular formula is C18H13N9O4. The van der Waals surface area contributed by atoms with Gasteiger partial charge in [-0.25, -0.2) is 10.1 Å². The minimum Gasteiger partial charge on any atom is -0.378 e. The molecule has 3 N–H and O–H groups in total. The molecule has 0 fully saturated rings. The van der Waals surface area contributed by atoms with Crippen LogP contribution in [0, 0.1) is 10.1 Å². The summed E-state index contributed by atoms with van der Waals surface area (Å²) >= 11 is 0. The number of nitro groups is 1. The molecule has 13 heteroatoms. The number of nitrogens with two attached hydrogens (primary N) is 1. The first kappa shape index (κ1) is 19.4. The van der Waals surface area contributed by atoms with Crippen LogP contribution in [0.15, 0.2) is 64.3 Å². The number of anilines is 1. The number of nitrogens with zero attached hydrogens (tertiary/aromatic N) is 7. The Hall–Kier alpha value is -4.94. The van der Waals surface area contributed by atoms with Crippen LogP contribution in [0.4, 0.5) is 11.5 Å². The average molecular weight is 419 g/mol. The second kappa shape index (κ2) is 8.20. The third-order valence-corrected chi connectivity index (χ3v) is 4.11. The lowest BCUT2D eigenvalue weighted by molar-refractivity contribution is -0.384. The molecule has 2 heterocycles. The van der Waals surface area contributed by atoms with Gasteiger partial charge in [0.15, 0.2) is 5.69 Å². The third-order valence-electron chi connectivity index (χ3n) is 4.11. The maximum Gasteiger partial charge on any atom is 0.294 e. The number of nitrogens with one attached hydrogen (secondary N) is 1. The fourth-order valence-electron chi connectivity index (χ4n) is 2.68. The van der Waals surface area contributed by atoms with Crippen LogP contribution in [0.25, 0.3) is 17.1 Å². The number of nitro benzene ring substituents is 1. The highest BCUT2D eigenvalue weighted by molar-refractivity contribution is 5.98. The molecule has 0 spiro atoms. The Morgan fingerprint density at radius 2 is 1.90 bits per heavy atom. The SMILES string of the molecule is Nc1nonc1-n1nnc(C(=O)N/N=C/c2ccc([N+](=O)[O-])cc2)c1-c1ccccc1. The highest BCUT2D eigenvalue weighted by Gasteiger charge is 2.24. The van der Waals surface area contributed by atoms with Gasteiger partial charge in [-0.3, -0.25) is 14.9 Å². The molecule has 154 valence electrons. The fourth-order valence-corrected chi connectivity index (χ4v) is 2.68. The first-order chi connectivity index (χ1) is 15.0. The molecule has 0 saturated heterocycles. The van der Waals surface area contributed by atoms with Gasteiger partial charge in [0.2, 0.25) is 11.6 Å². The highest BCUT2D eigenvalue weighted by Crippen LogP contribution is 2.26. The molecule has 0 saturated carbocycles. The lowest BCUT2D eigenvalue weighted by Crippen LogP contribution is -2.19. The molecule has 0 bridgehead atoms. The molecule has 4 aromatic rings. The van der Waals surface area contributed by atoms with Crippen molar-refractivity contribution in [3.63, 3.8) is 0 Å². The van der Waals surface area contributed by atoms with Crippen LogP contribution in [0.1, 0.15) is 16.1 Å². The molecule has 31 heavy (non-hydrogen) atoms. The molecule has 2 aromatic carbocycles. The zero-order chi connectivity index (χ0) is 21.8. The van der Waals surface area contributed by atoms with E-state index in [1.807, 2.05) is 6.07 Å². The lowest BCUT2D eigenvalue weighted by Gasteiger charge is -2.05. The van der Waals surface area contributed by atoms with E-state index in [1.54, 1.807) is 24.3 Å². The number of non-ortho nitro benzene ring substituents is 1. The van der Waals surface area contributed by atoms with Crippen molar-refractivity contribution in [3.05, 3.63) is 76.0 Å². The van der Waals surface area contributed by atoms with Crippen LogP contribution in [0.2, 0.25) is 0 Å². The summed E-state index contributed by atoms with van der Waals surface area (Å²) in [5, 5.41) is 29.7. The first-order valence-electron chi connectivity index (χ1n) is 8.72. The van der Waals surface area contributed by atoms with E-state index < -0.39 is 10.8 Å². The van der Waals surface area contributed by atoms with Crippen LogP contribution >= 0.6 is 0 Å². The number of nitrogen functional groups attached to an aromatic ring is 1. The standard InChI is InChI=1S/C18H13N9O4/c19-16-17(24-31-23-16)26-15(12-4-2-1-3-5-12)14(21-25-26)18(28)22-20-10-11-6-8-13(9-7-11)27(29)30/h1-10H,(H2,19,23)(H,22,28)/b20-10+. The molecule has 0 aliphatic rings. The van der Waals surface area contributed by atoms with Crippen molar-refractivity contribution in [2.45, 2.75) is 0 Å². The van der Waals surface area contributed by atoms with E-state index in [2.05, 4.69) is 35.8 Å². The predicted octanol–water partition coefficient (Wildman–Crippen LogP) is 1.57. The number of aromatic nitrogens is 5. The second-order valence-electron chi connectivity index (χ2n) is 6.09. The largest absolute Gasteiger partial charge is 0.378 e. The monoisotopic (exact) mass is 419 g/mol. The first-order valence-corrected chi connectivity index (χ1v) is 8.72. The van der Waals surface area contributed by atoms with E-state index in [-0.39, 0.29) is 23.0 Å². The van der Waals surface area contributed by atoms with Crippen LogP contribution in [0.3, 0.4) is 0 Å². The Bertz CT molecular complexity index is 1260. The minimum absolute atomic E-state index is 0.0229. The molecular weight excluding hydrogens is 406 g/mol. The van der Waals surface area contributed by atoms with Crippen LogP contribution in [0.5, 0.6) is 0 Å². The van der Waals surface area contributed by atoms with Gasteiger partial charge in [0.1, 0.15) is 5.69 Å². The molecule has 0 aliphatic heterocycles. The zero-order valence-electron chi connectivity index (χ0n) is 15.6. The summed E-state index contributed by atoms with van der Waals surface area (Å²) in [5.74, 6) is -0.580. The number of hydrazone groups is 1. The van der Waals surface area contributed by atoms with E-state index in [9.17, 15) is 14.9 Å². The summed E-state index contributed by atoms with van der Waals surface area (Å²) in [5.41, 5.74) is 9.52. The van der Waals surface area contributed by atoms with E-state index in [4.69, 9.17) is 5.73 Å². The molecule has 1 amide bonds. The maximum absolute atomic E-state index is 12.7. The van der Waals surface area contributed by atoms with E-state index in [0.29, 0.717) is 16.8 Å². The minimum atomic E-state index is -0.640. The molecule has 0 atom stereocenters. The molecule has 13 nitrogen and oxygen atoms in total. The second-order valence-corrected chi connectivity index (χ2v) is 6.09. The van der Waals surface area contributed by atoms with Crippen molar-refractivity contribution in [3.8, 4) is 17.1 Å². The summed E-state index contributed by atoms with van der Waals surface area (Å²) in [6, 6.07) is 14.6. The molecule has 0 radical (unpaired) electrons. The Balaban J connectivity index is 1.61. The number of carbonyl (C=O) groups is 1. The van der Waals surface area contributed by atoms with Gasteiger partial charge >= 0.3 is 0 Å². The molecule has 2 aromatic heterocycles. The van der Waals surface area contributed by atoms with Crippen molar-refractivity contribution in [1.29, 1.82) is 0 Å². The average Bonchev–Trinajstić information content (AvgIpc) is 3.40.